The third-order valence-electron chi connectivity index (χ3n) is 2.74. The van der Waals surface area contributed by atoms with Crippen LogP contribution in [-0.2, 0) is 5.75 Å². The lowest BCUT2D eigenvalue weighted by Crippen LogP contribution is -2.20. The molecule has 3 aromatic heterocycles. The van der Waals surface area contributed by atoms with Crippen LogP contribution in [0.5, 0.6) is 0 Å². The summed E-state index contributed by atoms with van der Waals surface area (Å²) < 4.78 is 1.06. The summed E-state index contributed by atoms with van der Waals surface area (Å²) in [5, 5.41) is 9.28. The minimum Gasteiger partial charge on any atom is -0.305 e. The molecule has 0 spiro atoms. The van der Waals surface area contributed by atoms with Gasteiger partial charge in [-0.15, -0.1) is 23.1 Å². The van der Waals surface area contributed by atoms with Gasteiger partial charge in [-0.1, -0.05) is 6.07 Å². The van der Waals surface area contributed by atoms with Crippen molar-refractivity contribution in [1.29, 1.82) is 5.26 Å². The fraction of sp³-hybridized carbons (Fsp3) is 0.0769. The number of aromatic amines is 2. The Morgan fingerprint density at radius 3 is 2.90 bits per heavy atom. The monoisotopic (exact) mass is 316 g/mol. The molecule has 0 atom stereocenters. The normalized spacial score (nSPS) is 10.6. The first kappa shape index (κ1) is 13.6. The average Bonchev–Trinajstić information content (AvgIpc) is 2.84. The summed E-state index contributed by atoms with van der Waals surface area (Å²) >= 11 is 2.63. The molecule has 0 amide bonds. The first-order chi connectivity index (χ1) is 10.2. The van der Waals surface area contributed by atoms with Crippen molar-refractivity contribution in [2.24, 2.45) is 0 Å². The van der Waals surface area contributed by atoms with Crippen molar-refractivity contribution in [3.05, 3.63) is 56.5 Å². The number of nitriles is 1. The van der Waals surface area contributed by atoms with Crippen LogP contribution in [0.2, 0.25) is 0 Å². The number of fused-ring (bicyclic) bond motifs is 1. The van der Waals surface area contributed by atoms with Gasteiger partial charge in [-0.25, -0.2) is 4.79 Å². The molecule has 0 aliphatic carbocycles. The van der Waals surface area contributed by atoms with Gasteiger partial charge in [0.05, 0.1) is 15.4 Å². The highest BCUT2D eigenvalue weighted by atomic mass is 32.2. The van der Waals surface area contributed by atoms with Gasteiger partial charge in [0.15, 0.2) is 0 Å². The standard InChI is InChI=1S/C13H8N4O2S2/c14-5-8-9-10(11(18)17-13(19)16-9)21-12(8)20-6-7-3-1-2-4-15-7/h1-4H,6H2,(H2,16,17,18,19). The molecule has 0 saturated heterocycles. The van der Waals surface area contributed by atoms with Crippen molar-refractivity contribution >= 4 is 33.3 Å². The number of thioether (sulfide) groups is 1. The van der Waals surface area contributed by atoms with E-state index < -0.39 is 11.2 Å². The summed E-state index contributed by atoms with van der Waals surface area (Å²) in [5.41, 5.74) is 0.438. The van der Waals surface area contributed by atoms with Crippen molar-refractivity contribution < 1.29 is 0 Å². The van der Waals surface area contributed by atoms with E-state index in [0.29, 0.717) is 25.7 Å². The molecule has 0 radical (unpaired) electrons. The van der Waals surface area contributed by atoms with Gasteiger partial charge in [0.1, 0.15) is 16.3 Å². The van der Waals surface area contributed by atoms with E-state index in [1.165, 1.54) is 23.1 Å². The molecule has 0 unspecified atom stereocenters. The summed E-state index contributed by atoms with van der Waals surface area (Å²) in [6.45, 7) is 0. The highest BCUT2D eigenvalue weighted by molar-refractivity contribution is 8.00. The Bertz CT molecular complexity index is 950. The number of aromatic nitrogens is 3. The molecule has 0 saturated carbocycles. The van der Waals surface area contributed by atoms with Gasteiger partial charge < -0.3 is 4.98 Å². The van der Waals surface area contributed by atoms with Crippen molar-refractivity contribution in [2.75, 3.05) is 0 Å². The first-order valence-corrected chi connectivity index (χ1v) is 7.71. The number of hydrogen-bond donors (Lipinski definition) is 2. The molecule has 0 aliphatic heterocycles. The van der Waals surface area contributed by atoms with Gasteiger partial charge in [-0.05, 0) is 12.1 Å². The molecule has 2 N–H and O–H groups in total. The maximum atomic E-state index is 11.8. The lowest BCUT2D eigenvalue weighted by atomic mass is 10.3. The zero-order valence-corrected chi connectivity index (χ0v) is 12.2. The molecular formula is C13H8N4O2S2. The second kappa shape index (κ2) is 5.55. The lowest BCUT2D eigenvalue weighted by molar-refractivity contribution is 1.08. The Morgan fingerprint density at radius 1 is 1.33 bits per heavy atom. The molecule has 3 aromatic rings. The molecule has 0 aliphatic rings. The number of rotatable bonds is 3. The second-order valence-electron chi connectivity index (χ2n) is 4.10. The van der Waals surface area contributed by atoms with Crippen molar-refractivity contribution in [2.45, 2.75) is 9.96 Å². The third kappa shape index (κ3) is 2.61. The predicted octanol–water partition coefficient (Wildman–Crippen LogP) is 1.84. The maximum Gasteiger partial charge on any atom is 0.326 e. The minimum atomic E-state index is -0.608. The van der Waals surface area contributed by atoms with E-state index in [9.17, 15) is 14.9 Å². The Balaban J connectivity index is 2.03. The maximum absolute atomic E-state index is 11.8. The minimum absolute atomic E-state index is 0.305. The van der Waals surface area contributed by atoms with Gasteiger partial charge in [0.2, 0.25) is 0 Å². The fourth-order valence-electron chi connectivity index (χ4n) is 1.82. The molecule has 3 heterocycles. The number of nitrogens with one attached hydrogen (secondary N) is 2. The van der Waals surface area contributed by atoms with Crippen LogP contribution in [0.1, 0.15) is 11.3 Å². The summed E-state index contributed by atoms with van der Waals surface area (Å²) in [6.07, 6.45) is 1.70. The van der Waals surface area contributed by atoms with E-state index in [4.69, 9.17) is 0 Å². The summed E-state index contributed by atoms with van der Waals surface area (Å²) in [4.78, 5) is 32.0. The molecule has 0 aromatic carbocycles. The van der Waals surface area contributed by atoms with Crippen LogP contribution in [0.3, 0.4) is 0 Å². The Labute approximate surface area is 126 Å². The second-order valence-corrected chi connectivity index (χ2v) is 6.36. The highest BCUT2D eigenvalue weighted by Crippen LogP contribution is 2.36. The zero-order chi connectivity index (χ0) is 14.8. The molecule has 0 bridgehead atoms. The van der Waals surface area contributed by atoms with Gasteiger partial charge in [0, 0.05) is 11.9 Å². The largest absolute Gasteiger partial charge is 0.326 e. The van der Waals surface area contributed by atoms with Crippen molar-refractivity contribution in [3.63, 3.8) is 0 Å². The molecule has 0 fully saturated rings. The van der Waals surface area contributed by atoms with Gasteiger partial charge in [0.25, 0.3) is 5.56 Å². The summed E-state index contributed by atoms with van der Waals surface area (Å²) in [6, 6.07) is 7.67. The molecule has 104 valence electrons. The Hall–Kier alpha value is -2.37. The van der Waals surface area contributed by atoms with E-state index in [1.807, 2.05) is 18.2 Å². The molecule has 8 heteroatoms. The van der Waals surface area contributed by atoms with Gasteiger partial charge in [-0.3, -0.25) is 14.8 Å². The number of H-pyrrole nitrogens is 2. The number of nitrogens with zero attached hydrogens (tertiary/aromatic N) is 2. The molecule has 3 rings (SSSR count). The molecule has 21 heavy (non-hydrogen) atoms. The zero-order valence-electron chi connectivity index (χ0n) is 10.5. The first-order valence-electron chi connectivity index (χ1n) is 5.91. The van der Waals surface area contributed by atoms with E-state index in [0.717, 1.165) is 5.69 Å². The van der Waals surface area contributed by atoms with Crippen LogP contribution in [0, 0.1) is 11.3 Å². The van der Waals surface area contributed by atoms with E-state index in [1.54, 1.807) is 6.20 Å². The van der Waals surface area contributed by atoms with E-state index in [2.05, 4.69) is 21.0 Å². The lowest BCUT2D eigenvalue weighted by Gasteiger charge is -1.98. The highest BCUT2D eigenvalue weighted by Gasteiger charge is 2.16. The number of pyridine rings is 1. The Kier molecular flexibility index (Phi) is 3.60. The topological polar surface area (TPSA) is 102 Å². The molecular weight excluding hydrogens is 308 g/mol. The average molecular weight is 316 g/mol. The van der Waals surface area contributed by atoms with Crippen molar-refractivity contribution in [3.8, 4) is 6.07 Å². The van der Waals surface area contributed by atoms with Crippen LogP contribution in [-0.4, -0.2) is 15.0 Å². The van der Waals surface area contributed by atoms with Crippen LogP contribution in [0.15, 0.2) is 38.2 Å². The third-order valence-corrected chi connectivity index (χ3v) is 5.23. The SMILES string of the molecule is N#Cc1c(SCc2ccccn2)sc2c(=O)[nH]c(=O)[nH]c12. The van der Waals surface area contributed by atoms with Crippen molar-refractivity contribution in [1.82, 2.24) is 15.0 Å². The van der Waals surface area contributed by atoms with E-state index in [-0.39, 0.29) is 0 Å². The van der Waals surface area contributed by atoms with Crippen LogP contribution >= 0.6 is 23.1 Å². The number of hydrogen-bond acceptors (Lipinski definition) is 6. The van der Waals surface area contributed by atoms with Gasteiger partial charge >= 0.3 is 5.69 Å². The Morgan fingerprint density at radius 2 is 2.19 bits per heavy atom. The van der Waals surface area contributed by atoms with Crippen LogP contribution in [0.25, 0.3) is 10.2 Å². The van der Waals surface area contributed by atoms with Crippen LogP contribution < -0.4 is 11.2 Å². The van der Waals surface area contributed by atoms with E-state index >= 15 is 0 Å². The smallest absolute Gasteiger partial charge is 0.305 e. The van der Waals surface area contributed by atoms with Crippen LogP contribution in [0.4, 0.5) is 0 Å². The van der Waals surface area contributed by atoms with Gasteiger partial charge in [-0.2, -0.15) is 5.26 Å². The summed E-state index contributed by atoms with van der Waals surface area (Å²) in [7, 11) is 0. The number of thiophene rings is 1. The molecule has 6 nitrogen and oxygen atoms in total. The predicted molar refractivity (Wildman–Crippen MR) is 81.6 cm³/mol. The summed E-state index contributed by atoms with van der Waals surface area (Å²) in [5.74, 6) is 0.588. The quantitative estimate of drug-likeness (QED) is 0.718. The fourth-order valence-corrected chi connectivity index (χ4v) is 4.06.